The fourth-order valence-corrected chi connectivity index (χ4v) is 1.53. The molecule has 0 radical (unpaired) electrons. The number of imidazole rings is 1. The average molecular weight is 219 g/mol. The van der Waals surface area contributed by atoms with Crippen LogP contribution in [-0.4, -0.2) is 25.9 Å². The lowest BCUT2D eigenvalue weighted by Gasteiger charge is -2.06. The molecule has 2 rings (SSSR count). The van der Waals surface area contributed by atoms with Gasteiger partial charge in [-0.25, -0.2) is 4.98 Å². The molecule has 1 N–H and O–H groups in total. The van der Waals surface area contributed by atoms with Crippen molar-refractivity contribution < 1.29 is 0 Å². The SMILES string of the molecule is CCCCNc1nccn1-c1ccn(C)n1. The summed E-state index contributed by atoms with van der Waals surface area (Å²) in [5, 5.41) is 7.65. The van der Waals surface area contributed by atoms with Crippen LogP contribution in [0.5, 0.6) is 0 Å². The highest BCUT2D eigenvalue weighted by molar-refractivity contribution is 5.36. The summed E-state index contributed by atoms with van der Waals surface area (Å²) < 4.78 is 3.74. The van der Waals surface area contributed by atoms with Crippen LogP contribution >= 0.6 is 0 Å². The van der Waals surface area contributed by atoms with Gasteiger partial charge in [-0.05, 0) is 6.42 Å². The third-order valence-electron chi connectivity index (χ3n) is 2.40. The third-order valence-corrected chi connectivity index (χ3v) is 2.40. The van der Waals surface area contributed by atoms with Crippen molar-refractivity contribution in [2.24, 2.45) is 7.05 Å². The lowest BCUT2D eigenvalue weighted by Crippen LogP contribution is -2.07. The molecule has 5 heteroatoms. The Morgan fingerprint density at radius 3 is 2.94 bits per heavy atom. The van der Waals surface area contributed by atoms with Crippen molar-refractivity contribution >= 4 is 5.95 Å². The van der Waals surface area contributed by atoms with E-state index >= 15 is 0 Å². The summed E-state index contributed by atoms with van der Waals surface area (Å²) in [7, 11) is 1.91. The Balaban J connectivity index is 2.12. The largest absolute Gasteiger partial charge is 0.355 e. The first-order chi connectivity index (χ1) is 7.81. The van der Waals surface area contributed by atoms with Gasteiger partial charge >= 0.3 is 0 Å². The first-order valence-corrected chi connectivity index (χ1v) is 5.58. The maximum atomic E-state index is 4.34. The van der Waals surface area contributed by atoms with Crippen molar-refractivity contribution in [3.8, 4) is 5.82 Å². The van der Waals surface area contributed by atoms with Crippen LogP contribution in [-0.2, 0) is 7.05 Å². The molecule has 0 fully saturated rings. The van der Waals surface area contributed by atoms with Gasteiger partial charge in [0.1, 0.15) is 0 Å². The molecule has 0 unspecified atom stereocenters. The van der Waals surface area contributed by atoms with Gasteiger partial charge in [0.25, 0.3) is 0 Å². The Morgan fingerprint density at radius 1 is 1.38 bits per heavy atom. The zero-order chi connectivity index (χ0) is 11.4. The molecule has 0 saturated carbocycles. The fourth-order valence-electron chi connectivity index (χ4n) is 1.53. The molecule has 2 aromatic rings. The molecule has 2 heterocycles. The molecule has 0 spiro atoms. The highest BCUT2D eigenvalue weighted by Gasteiger charge is 2.05. The number of unbranched alkanes of at least 4 members (excludes halogenated alkanes) is 1. The minimum atomic E-state index is 0.854. The van der Waals surface area contributed by atoms with E-state index in [1.54, 1.807) is 10.9 Å². The van der Waals surface area contributed by atoms with E-state index in [0.29, 0.717) is 0 Å². The molecular formula is C11H17N5. The second kappa shape index (κ2) is 4.83. The number of hydrogen-bond acceptors (Lipinski definition) is 3. The molecular weight excluding hydrogens is 202 g/mol. The van der Waals surface area contributed by atoms with Crippen LogP contribution in [0, 0.1) is 0 Å². The molecule has 0 bridgehead atoms. The zero-order valence-electron chi connectivity index (χ0n) is 9.72. The van der Waals surface area contributed by atoms with Crippen molar-refractivity contribution in [2.75, 3.05) is 11.9 Å². The number of nitrogens with zero attached hydrogens (tertiary/aromatic N) is 4. The summed E-state index contributed by atoms with van der Waals surface area (Å²) in [6, 6.07) is 1.96. The predicted molar refractivity (Wildman–Crippen MR) is 63.7 cm³/mol. The standard InChI is InChI=1S/C11H17N5/c1-3-4-6-12-11-13-7-9-16(11)10-5-8-15(2)14-10/h5,7-9H,3-4,6H2,1-2H3,(H,12,13). The van der Waals surface area contributed by atoms with E-state index in [9.17, 15) is 0 Å². The van der Waals surface area contributed by atoms with Crippen LogP contribution in [0.3, 0.4) is 0 Å². The summed E-state index contributed by atoms with van der Waals surface area (Å²) in [5.74, 6) is 1.74. The van der Waals surface area contributed by atoms with Gasteiger partial charge in [-0.1, -0.05) is 13.3 Å². The van der Waals surface area contributed by atoms with Crippen LogP contribution < -0.4 is 5.32 Å². The molecule has 0 atom stereocenters. The highest BCUT2D eigenvalue weighted by atomic mass is 15.3. The van der Waals surface area contributed by atoms with E-state index < -0.39 is 0 Å². The van der Waals surface area contributed by atoms with Gasteiger partial charge in [0.15, 0.2) is 5.82 Å². The van der Waals surface area contributed by atoms with Gasteiger partial charge in [-0.2, -0.15) is 5.10 Å². The van der Waals surface area contributed by atoms with Crippen molar-refractivity contribution in [3.63, 3.8) is 0 Å². The van der Waals surface area contributed by atoms with Crippen LogP contribution in [0.2, 0.25) is 0 Å². The summed E-state index contributed by atoms with van der Waals surface area (Å²) in [4.78, 5) is 4.28. The first-order valence-electron chi connectivity index (χ1n) is 5.58. The average Bonchev–Trinajstić information content (AvgIpc) is 2.87. The number of aryl methyl sites for hydroxylation is 1. The number of hydrogen-bond donors (Lipinski definition) is 1. The molecule has 0 saturated heterocycles. The van der Waals surface area contributed by atoms with Crippen LogP contribution in [0.4, 0.5) is 5.95 Å². The minimum Gasteiger partial charge on any atom is -0.355 e. The maximum Gasteiger partial charge on any atom is 0.208 e. The highest BCUT2D eigenvalue weighted by Crippen LogP contribution is 2.11. The van der Waals surface area contributed by atoms with Gasteiger partial charge in [-0.3, -0.25) is 9.25 Å². The molecule has 0 aliphatic heterocycles. The van der Waals surface area contributed by atoms with Gasteiger partial charge in [0, 0.05) is 38.2 Å². The minimum absolute atomic E-state index is 0.854. The molecule has 0 aliphatic rings. The predicted octanol–water partition coefficient (Wildman–Crippen LogP) is 1.82. The normalized spacial score (nSPS) is 10.6. The Morgan fingerprint density at radius 2 is 2.25 bits per heavy atom. The molecule has 86 valence electrons. The van der Waals surface area contributed by atoms with E-state index in [-0.39, 0.29) is 0 Å². The second-order valence-electron chi connectivity index (χ2n) is 3.75. The number of aromatic nitrogens is 4. The smallest absolute Gasteiger partial charge is 0.208 e. The van der Waals surface area contributed by atoms with E-state index in [1.807, 2.05) is 30.1 Å². The second-order valence-corrected chi connectivity index (χ2v) is 3.75. The number of anilines is 1. The van der Waals surface area contributed by atoms with Gasteiger partial charge in [0.2, 0.25) is 5.95 Å². The molecule has 5 nitrogen and oxygen atoms in total. The van der Waals surface area contributed by atoms with Crippen LogP contribution in [0.1, 0.15) is 19.8 Å². The number of nitrogens with one attached hydrogen (secondary N) is 1. The summed E-state index contributed by atoms with van der Waals surface area (Å²) in [6.07, 6.45) is 7.94. The lowest BCUT2D eigenvalue weighted by molar-refractivity contribution is 0.750. The fraction of sp³-hybridized carbons (Fsp3) is 0.455. The molecule has 0 amide bonds. The van der Waals surface area contributed by atoms with E-state index in [4.69, 9.17) is 0 Å². The molecule has 2 aromatic heterocycles. The Kier molecular flexibility index (Phi) is 3.24. The maximum absolute atomic E-state index is 4.34. The molecule has 0 aliphatic carbocycles. The zero-order valence-corrected chi connectivity index (χ0v) is 9.72. The van der Waals surface area contributed by atoms with Crippen molar-refractivity contribution in [3.05, 3.63) is 24.7 Å². The third kappa shape index (κ3) is 2.24. The first kappa shape index (κ1) is 10.7. The van der Waals surface area contributed by atoms with Gasteiger partial charge in [0.05, 0.1) is 0 Å². The quantitative estimate of drug-likeness (QED) is 0.780. The summed E-state index contributed by atoms with van der Waals surface area (Å²) >= 11 is 0. The summed E-state index contributed by atoms with van der Waals surface area (Å²) in [5.41, 5.74) is 0. The van der Waals surface area contributed by atoms with E-state index in [1.165, 1.54) is 6.42 Å². The van der Waals surface area contributed by atoms with Crippen LogP contribution in [0.15, 0.2) is 24.7 Å². The summed E-state index contributed by atoms with van der Waals surface area (Å²) in [6.45, 7) is 3.12. The molecule has 0 aromatic carbocycles. The van der Waals surface area contributed by atoms with Crippen molar-refractivity contribution in [1.29, 1.82) is 0 Å². The Bertz CT molecular complexity index is 443. The van der Waals surface area contributed by atoms with Gasteiger partial charge < -0.3 is 5.32 Å². The molecule has 16 heavy (non-hydrogen) atoms. The van der Waals surface area contributed by atoms with E-state index in [0.717, 1.165) is 24.7 Å². The van der Waals surface area contributed by atoms with Crippen molar-refractivity contribution in [2.45, 2.75) is 19.8 Å². The number of rotatable bonds is 5. The van der Waals surface area contributed by atoms with Crippen molar-refractivity contribution in [1.82, 2.24) is 19.3 Å². The van der Waals surface area contributed by atoms with Gasteiger partial charge in [-0.15, -0.1) is 0 Å². The Labute approximate surface area is 95.1 Å². The Hall–Kier alpha value is -1.78. The van der Waals surface area contributed by atoms with Crippen LogP contribution in [0.25, 0.3) is 5.82 Å². The topological polar surface area (TPSA) is 47.7 Å². The lowest BCUT2D eigenvalue weighted by atomic mass is 10.3. The van der Waals surface area contributed by atoms with E-state index in [2.05, 4.69) is 22.3 Å². The monoisotopic (exact) mass is 219 g/mol.